The zero-order valence-corrected chi connectivity index (χ0v) is 26.8. The molecule has 4 rings (SSSR count). The lowest BCUT2D eigenvalue weighted by Crippen LogP contribution is -2.54. The van der Waals surface area contributed by atoms with Gasteiger partial charge >= 0.3 is 0 Å². The molecule has 1 aromatic rings. The molecule has 225 valence electrons. The van der Waals surface area contributed by atoms with E-state index < -0.39 is 11.4 Å². The first-order chi connectivity index (χ1) is 19.9. The SMILES string of the molecule is C=C/C=C\C=C(/C=C)CC12[B]C(C(=O)NC3CCc4ccc(CC(C)(C)CC(C)C)cc4N(C)C3=O)(CCC1)CCC2. The Bertz CT molecular complexity index is 1230. The molecule has 5 heteroatoms. The molecular formula is C37H52BN2O2. The van der Waals surface area contributed by atoms with Crippen LogP contribution in [0.25, 0.3) is 0 Å². The van der Waals surface area contributed by atoms with Crippen LogP contribution in [0.3, 0.4) is 0 Å². The Balaban J connectivity index is 1.48. The van der Waals surface area contributed by atoms with Crippen LogP contribution < -0.4 is 10.2 Å². The van der Waals surface area contributed by atoms with Gasteiger partial charge in [-0.05, 0) is 79.0 Å². The molecule has 42 heavy (non-hydrogen) atoms. The van der Waals surface area contributed by atoms with E-state index >= 15 is 0 Å². The molecule has 2 saturated heterocycles. The summed E-state index contributed by atoms with van der Waals surface area (Å²) in [7, 11) is 4.25. The van der Waals surface area contributed by atoms with Crippen molar-refractivity contribution < 1.29 is 9.59 Å². The average molecular weight is 568 g/mol. The molecule has 1 atom stereocenters. The summed E-state index contributed by atoms with van der Waals surface area (Å²) in [6.07, 6.45) is 20.1. The van der Waals surface area contributed by atoms with Crippen LogP contribution in [0.2, 0.25) is 10.6 Å². The molecule has 1 radical (unpaired) electrons. The zero-order valence-electron chi connectivity index (χ0n) is 26.8. The number of likely N-dealkylation sites (N-methyl/N-ethyl adjacent to an activating group) is 1. The maximum atomic E-state index is 14.1. The van der Waals surface area contributed by atoms with E-state index in [1.165, 1.54) is 16.7 Å². The summed E-state index contributed by atoms with van der Waals surface area (Å²) >= 11 is 0. The van der Waals surface area contributed by atoms with Crippen LogP contribution in [-0.4, -0.2) is 32.2 Å². The average Bonchev–Trinajstić information content (AvgIpc) is 3.03. The van der Waals surface area contributed by atoms with Crippen LogP contribution in [0.5, 0.6) is 0 Å². The highest BCUT2D eigenvalue weighted by Gasteiger charge is 2.53. The van der Waals surface area contributed by atoms with E-state index in [0.717, 1.165) is 69.9 Å². The summed E-state index contributed by atoms with van der Waals surface area (Å²) in [5.74, 6) is 0.668. The number of hydrogen-bond acceptors (Lipinski definition) is 2. The summed E-state index contributed by atoms with van der Waals surface area (Å²) in [6, 6.07) is 6.12. The van der Waals surface area contributed by atoms with Crippen LogP contribution >= 0.6 is 0 Å². The highest BCUT2D eigenvalue weighted by Crippen LogP contribution is 2.61. The first-order valence-electron chi connectivity index (χ1n) is 16.1. The molecule has 3 heterocycles. The Morgan fingerprint density at radius 2 is 1.88 bits per heavy atom. The molecule has 0 aliphatic carbocycles. The molecule has 2 bridgehead atoms. The molecule has 0 spiro atoms. The fourth-order valence-corrected chi connectivity index (χ4v) is 8.20. The normalized spacial score (nSPS) is 26.4. The van der Waals surface area contributed by atoms with Crippen molar-refractivity contribution in [2.75, 3.05) is 11.9 Å². The number of hydrogen-bond donors (Lipinski definition) is 1. The Morgan fingerprint density at radius 3 is 2.52 bits per heavy atom. The van der Waals surface area contributed by atoms with Crippen LogP contribution in [0.15, 0.2) is 67.3 Å². The van der Waals surface area contributed by atoms with Gasteiger partial charge in [0.25, 0.3) is 0 Å². The number of carbonyl (C=O) groups is 2. The summed E-state index contributed by atoms with van der Waals surface area (Å²) in [4.78, 5) is 29.6. The molecule has 3 aliphatic heterocycles. The predicted octanol–water partition coefficient (Wildman–Crippen LogP) is 8.33. The van der Waals surface area contributed by atoms with Crippen molar-refractivity contribution >= 4 is 24.8 Å². The summed E-state index contributed by atoms with van der Waals surface area (Å²) in [5.41, 5.74) is 4.82. The summed E-state index contributed by atoms with van der Waals surface area (Å²) in [6.45, 7) is 17.0. The minimum atomic E-state index is -0.510. The van der Waals surface area contributed by atoms with Crippen molar-refractivity contribution in [3.05, 3.63) is 78.4 Å². The minimum Gasteiger partial charge on any atom is -0.344 e. The standard InChI is InChI=1S/C37H52BN2O2/c1-8-10-11-14-28(9-2)26-36-19-12-21-37(38-36,22-13-20-36)34(42)39-31-18-17-30-16-15-29(23-32(30)40(7)33(31)41)25-35(5,6)24-27(3)4/h8-11,14-16,23,27,31H,1-2,12-13,17-22,24-26H2,3-7H3,(H,39,42)/b11-10-,28-14+. The summed E-state index contributed by atoms with van der Waals surface area (Å²) < 4.78 is 0. The number of rotatable bonds is 11. The van der Waals surface area contributed by atoms with Crippen LogP contribution in [0.1, 0.15) is 96.6 Å². The van der Waals surface area contributed by atoms with E-state index in [2.05, 4.69) is 77.7 Å². The van der Waals surface area contributed by atoms with Crippen molar-refractivity contribution in [3.63, 3.8) is 0 Å². The lowest BCUT2D eigenvalue weighted by Gasteiger charge is -2.51. The van der Waals surface area contributed by atoms with Gasteiger partial charge in [-0.3, -0.25) is 9.59 Å². The van der Waals surface area contributed by atoms with E-state index in [1.54, 1.807) is 11.0 Å². The molecule has 0 saturated carbocycles. The molecule has 1 N–H and O–H groups in total. The second kappa shape index (κ2) is 13.2. The van der Waals surface area contributed by atoms with Crippen molar-refractivity contribution in [1.82, 2.24) is 5.32 Å². The lowest BCUT2D eigenvalue weighted by atomic mass is 9.28. The van der Waals surface area contributed by atoms with Gasteiger partial charge < -0.3 is 10.2 Å². The molecule has 2 fully saturated rings. The fraction of sp³-hybridized carbons (Fsp3) is 0.568. The second-order valence-electron chi connectivity index (χ2n) is 14.5. The number of carbonyl (C=O) groups excluding carboxylic acids is 2. The number of fused-ring (bicyclic) bond motifs is 3. The molecule has 0 aromatic heterocycles. The maximum absolute atomic E-state index is 14.1. The molecular weight excluding hydrogens is 515 g/mol. The molecule has 2 amide bonds. The third-order valence-corrected chi connectivity index (χ3v) is 9.80. The number of anilines is 1. The largest absolute Gasteiger partial charge is 0.344 e. The highest BCUT2D eigenvalue weighted by atomic mass is 16.2. The third kappa shape index (κ3) is 7.39. The first-order valence-corrected chi connectivity index (χ1v) is 16.1. The van der Waals surface area contributed by atoms with E-state index in [4.69, 9.17) is 0 Å². The van der Waals surface area contributed by atoms with Crippen molar-refractivity contribution in [1.29, 1.82) is 0 Å². The minimum absolute atomic E-state index is 0.00385. The lowest BCUT2D eigenvalue weighted by molar-refractivity contribution is -0.130. The van der Waals surface area contributed by atoms with Gasteiger partial charge in [-0.25, -0.2) is 0 Å². The quantitative estimate of drug-likeness (QED) is 0.216. The summed E-state index contributed by atoms with van der Waals surface area (Å²) in [5, 5.41) is 2.76. The third-order valence-electron chi connectivity index (χ3n) is 9.80. The number of benzene rings is 1. The van der Waals surface area contributed by atoms with Crippen molar-refractivity contribution in [3.8, 4) is 0 Å². The topological polar surface area (TPSA) is 49.4 Å². The number of nitrogens with zero attached hydrogens (tertiary/aromatic N) is 1. The highest BCUT2D eigenvalue weighted by molar-refractivity contribution is 6.51. The number of amides is 2. The van der Waals surface area contributed by atoms with Gasteiger partial charge in [0.15, 0.2) is 0 Å². The van der Waals surface area contributed by atoms with Crippen LogP contribution in [-0.2, 0) is 22.4 Å². The predicted molar refractivity (Wildman–Crippen MR) is 178 cm³/mol. The second-order valence-corrected chi connectivity index (χ2v) is 14.5. The van der Waals surface area contributed by atoms with E-state index in [-0.39, 0.29) is 22.5 Å². The van der Waals surface area contributed by atoms with Crippen LogP contribution in [0, 0.1) is 11.3 Å². The van der Waals surface area contributed by atoms with Gasteiger partial charge in [-0.15, -0.1) is 0 Å². The Kier molecular flexibility index (Phi) is 10.1. The monoisotopic (exact) mass is 567 g/mol. The zero-order chi connectivity index (χ0) is 30.5. The van der Waals surface area contributed by atoms with Crippen molar-refractivity contribution in [2.24, 2.45) is 11.3 Å². The molecule has 4 nitrogen and oxygen atoms in total. The van der Waals surface area contributed by atoms with Gasteiger partial charge in [0.2, 0.25) is 11.8 Å². The van der Waals surface area contributed by atoms with E-state index in [9.17, 15) is 9.59 Å². The van der Waals surface area contributed by atoms with Gasteiger partial charge in [-0.1, -0.05) is 114 Å². The van der Waals surface area contributed by atoms with Crippen molar-refractivity contribution in [2.45, 2.75) is 115 Å². The smallest absolute Gasteiger partial charge is 0.249 e. The molecule has 1 unspecified atom stereocenters. The number of allylic oxidation sites excluding steroid dienone is 6. The van der Waals surface area contributed by atoms with Gasteiger partial charge in [0.05, 0.1) is 0 Å². The van der Waals surface area contributed by atoms with Gasteiger partial charge in [-0.2, -0.15) is 0 Å². The Morgan fingerprint density at radius 1 is 1.17 bits per heavy atom. The first kappa shape index (κ1) is 32.1. The number of aryl methyl sites for hydroxylation is 1. The van der Waals surface area contributed by atoms with Crippen LogP contribution in [0.4, 0.5) is 5.69 Å². The Labute approximate surface area is 256 Å². The Hall–Kier alpha value is -2.82. The van der Waals surface area contributed by atoms with Gasteiger partial charge in [0.1, 0.15) is 13.3 Å². The van der Waals surface area contributed by atoms with Gasteiger partial charge in [0, 0.05) is 18.0 Å². The van der Waals surface area contributed by atoms with E-state index in [0.29, 0.717) is 12.3 Å². The molecule has 3 aliphatic rings. The maximum Gasteiger partial charge on any atom is 0.249 e. The van der Waals surface area contributed by atoms with E-state index in [1.807, 2.05) is 25.3 Å². The molecule has 1 aromatic carbocycles. The fourth-order valence-electron chi connectivity index (χ4n) is 8.20. The number of nitrogens with one attached hydrogen (secondary N) is 1.